The number of nitro benzene ring substituents is 1. The molecule has 114 valence electrons. The molecular weight excluding hydrogens is 346 g/mol. The van der Waals surface area contributed by atoms with E-state index in [0.29, 0.717) is 16.6 Å². The van der Waals surface area contributed by atoms with Crippen molar-refractivity contribution < 1.29 is 4.92 Å². The normalized spacial score (nSPS) is 13.0. The van der Waals surface area contributed by atoms with Crippen LogP contribution in [0, 0.1) is 17.0 Å². The fourth-order valence-electron chi connectivity index (χ4n) is 2.66. The Morgan fingerprint density at radius 2 is 2.05 bits per heavy atom. The molecule has 0 amide bonds. The fourth-order valence-corrected chi connectivity index (χ4v) is 3.13. The zero-order valence-electron chi connectivity index (χ0n) is 12.1. The van der Waals surface area contributed by atoms with Gasteiger partial charge in [-0.1, -0.05) is 18.2 Å². The Bertz CT molecular complexity index is 746. The maximum absolute atomic E-state index is 10.9. The summed E-state index contributed by atoms with van der Waals surface area (Å²) in [6.07, 6.45) is 0. The first-order valence-electron chi connectivity index (χ1n) is 7.04. The average Bonchev–Trinajstić information content (AvgIpc) is 2.95. The predicted molar refractivity (Wildman–Crippen MR) is 89.8 cm³/mol. The lowest BCUT2D eigenvalue weighted by molar-refractivity contribution is -0.385. The minimum atomic E-state index is -0.364. The Hall–Kier alpha value is -1.92. The summed E-state index contributed by atoms with van der Waals surface area (Å²) in [5, 5.41) is 17.6. The van der Waals surface area contributed by atoms with E-state index in [2.05, 4.69) is 44.8 Å². The summed E-state index contributed by atoms with van der Waals surface area (Å²) < 4.78 is 0.702. The number of rotatable bonds is 4. The first-order chi connectivity index (χ1) is 10.5. The Labute approximate surface area is 137 Å². The van der Waals surface area contributed by atoms with Gasteiger partial charge in [0.2, 0.25) is 0 Å². The second kappa shape index (κ2) is 6.06. The van der Waals surface area contributed by atoms with E-state index in [0.717, 1.165) is 18.8 Å². The lowest BCUT2D eigenvalue weighted by atomic mass is 10.1. The van der Waals surface area contributed by atoms with E-state index in [9.17, 15) is 10.1 Å². The summed E-state index contributed by atoms with van der Waals surface area (Å²) in [4.78, 5) is 10.6. The van der Waals surface area contributed by atoms with Gasteiger partial charge in [0.15, 0.2) is 0 Å². The van der Waals surface area contributed by atoms with Crippen LogP contribution < -0.4 is 10.6 Å². The second-order valence-electron chi connectivity index (χ2n) is 5.44. The fraction of sp³-hybridized carbons (Fsp3) is 0.250. The highest BCUT2D eigenvalue weighted by Gasteiger charge is 2.14. The highest BCUT2D eigenvalue weighted by atomic mass is 79.9. The number of benzene rings is 2. The van der Waals surface area contributed by atoms with Gasteiger partial charge in [-0.2, -0.15) is 0 Å². The van der Waals surface area contributed by atoms with E-state index in [1.54, 1.807) is 19.1 Å². The van der Waals surface area contributed by atoms with Crippen molar-refractivity contribution in [2.24, 2.45) is 0 Å². The molecule has 2 aromatic rings. The molecule has 0 saturated carbocycles. The van der Waals surface area contributed by atoms with Crippen LogP contribution >= 0.6 is 15.9 Å². The Morgan fingerprint density at radius 1 is 1.27 bits per heavy atom. The standard InChI is InChI=1S/C16H16BrN3O2/c1-10-4-15(14(17)6-16(10)20(21)22)19-7-11-2-3-12-8-18-9-13(12)5-11/h2-6,18-19H,7-9H2,1H3. The second-order valence-corrected chi connectivity index (χ2v) is 6.29. The van der Waals surface area contributed by atoms with Crippen molar-refractivity contribution in [1.82, 2.24) is 5.32 Å². The molecule has 6 heteroatoms. The molecular formula is C16H16BrN3O2. The van der Waals surface area contributed by atoms with Crippen LogP contribution in [0.1, 0.15) is 22.3 Å². The molecule has 3 rings (SSSR count). The van der Waals surface area contributed by atoms with Gasteiger partial charge >= 0.3 is 0 Å². The summed E-state index contributed by atoms with van der Waals surface area (Å²) in [6, 6.07) is 9.82. The topological polar surface area (TPSA) is 67.2 Å². The zero-order valence-corrected chi connectivity index (χ0v) is 13.7. The van der Waals surface area contributed by atoms with Crippen LogP contribution in [0.2, 0.25) is 0 Å². The van der Waals surface area contributed by atoms with Crippen LogP contribution in [-0.4, -0.2) is 4.92 Å². The molecule has 0 aliphatic carbocycles. The molecule has 0 aromatic heterocycles. The molecule has 0 bridgehead atoms. The van der Waals surface area contributed by atoms with Crippen LogP contribution in [-0.2, 0) is 19.6 Å². The molecule has 1 aliphatic rings. The molecule has 5 nitrogen and oxygen atoms in total. The van der Waals surface area contributed by atoms with Crippen molar-refractivity contribution in [2.75, 3.05) is 5.32 Å². The average molecular weight is 362 g/mol. The number of hydrogen-bond donors (Lipinski definition) is 2. The van der Waals surface area contributed by atoms with Crippen molar-refractivity contribution in [2.45, 2.75) is 26.6 Å². The van der Waals surface area contributed by atoms with Crippen LogP contribution in [0.4, 0.5) is 11.4 Å². The molecule has 0 saturated heterocycles. The lowest BCUT2D eigenvalue weighted by Crippen LogP contribution is -2.02. The Kier molecular flexibility index (Phi) is 4.13. The molecule has 0 spiro atoms. The third-order valence-electron chi connectivity index (χ3n) is 3.87. The third-order valence-corrected chi connectivity index (χ3v) is 4.52. The van der Waals surface area contributed by atoms with Crippen molar-refractivity contribution in [1.29, 1.82) is 0 Å². The van der Waals surface area contributed by atoms with Crippen LogP contribution in [0.15, 0.2) is 34.8 Å². The van der Waals surface area contributed by atoms with Gasteiger partial charge in [0.1, 0.15) is 0 Å². The van der Waals surface area contributed by atoms with Gasteiger partial charge in [-0.15, -0.1) is 0 Å². The highest BCUT2D eigenvalue weighted by molar-refractivity contribution is 9.10. The summed E-state index contributed by atoms with van der Waals surface area (Å²) in [6.45, 7) is 4.29. The number of nitro groups is 1. The summed E-state index contributed by atoms with van der Waals surface area (Å²) in [7, 11) is 0. The number of halogens is 1. The van der Waals surface area contributed by atoms with E-state index in [1.807, 2.05) is 0 Å². The summed E-state index contributed by atoms with van der Waals surface area (Å²) in [5.41, 5.74) is 5.54. The Morgan fingerprint density at radius 3 is 2.82 bits per heavy atom. The maximum Gasteiger partial charge on any atom is 0.273 e. The van der Waals surface area contributed by atoms with E-state index < -0.39 is 0 Å². The van der Waals surface area contributed by atoms with Crippen LogP contribution in [0.3, 0.4) is 0 Å². The number of nitrogens with one attached hydrogen (secondary N) is 2. The number of nitrogens with zero attached hydrogens (tertiary/aromatic N) is 1. The Balaban J connectivity index is 1.76. The minimum absolute atomic E-state index is 0.126. The molecule has 0 radical (unpaired) electrons. The first kappa shape index (κ1) is 15.0. The quantitative estimate of drug-likeness (QED) is 0.640. The van der Waals surface area contributed by atoms with Crippen molar-refractivity contribution in [3.63, 3.8) is 0 Å². The van der Waals surface area contributed by atoms with Gasteiger partial charge in [0, 0.05) is 41.4 Å². The van der Waals surface area contributed by atoms with Crippen molar-refractivity contribution in [3.8, 4) is 0 Å². The zero-order chi connectivity index (χ0) is 15.7. The van der Waals surface area contributed by atoms with Gasteiger partial charge in [-0.05, 0) is 45.6 Å². The van der Waals surface area contributed by atoms with Crippen LogP contribution in [0.25, 0.3) is 0 Å². The number of fused-ring (bicyclic) bond motifs is 1. The first-order valence-corrected chi connectivity index (χ1v) is 7.83. The third kappa shape index (κ3) is 2.98. The number of anilines is 1. The summed E-state index contributed by atoms with van der Waals surface area (Å²) in [5.74, 6) is 0. The van der Waals surface area contributed by atoms with Crippen LogP contribution in [0.5, 0.6) is 0 Å². The smallest absolute Gasteiger partial charge is 0.273 e. The number of hydrogen-bond acceptors (Lipinski definition) is 4. The van der Waals surface area contributed by atoms with Gasteiger partial charge in [0.05, 0.1) is 4.92 Å². The van der Waals surface area contributed by atoms with Gasteiger partial charge in [0.25, 0.3) is 5.69 Å². The van der Waals surface area contributed by atoms with Crippen molar-refractivity contribution >= 4 is 27.3 Å². The van der Waals surface area contributed by atoms with E-state index in [1.165, 1.54) is 16.7 Å². The molecule has 0 fully saturated rings. The monoisotopic (exact) mass is 361 g/mol. The van der Waals surface area contributed by atoms with Gasteiger partial charge in [-0.3, -0.25) is 10.1 Å². The molecule has 1 heterocycles. The van der Waals surface area contributed by atoms with Crippen molar-refractivity contribution in [3.05, 3.63) is 67.2 Å². The molecule has 0 atom stereocenters. The highest BCUT2D eigenvalue weighted by Crippen LogP contribution is 2.31. The maximum atomic E-state index is 10.9. The molecule has 2 N–H and O–H groups in total. The van der Waals surface area contributed by atoms with Gasteiger partial charge in [-0.25, -0.2) is 0 Å². The molecule has 0 unspecified atom stereocenters. The number of aryl methyl sites for hydroxylation is 1. The van der Waals surface area contributed by atoms with E-state index >= 15 is 0 Å². The van der Waals surface area contributed by atoms with E-state index in [4.69, 9.17) is 0 Å². The SMILES string of the molecule is Cc1cc(NCc2ccc3c(c2)CNC3)c(Br)cc1[N+](=O)[O-]. The lowest BCUT2D eigenvalue weighted by Gasteiger charge is -2.11. The minimum Gasteiger partial charge on any atom is -0.380 e. The largest absolute Gasteiger partial charge is 0.380 e. The van der Waals surface area contributed by atoms with E-state index in [-0.39, 0.29) is 10.6 Å². The molecule has 2 aromatic carbocycles. The van der Waals surface area contributed by atoms with Gasteiger partial charge < -0.3 is 10.6 Å². The molecule has 1 aliphatic heterocycles. The predicted octanol–water partition coefficient (Wildman–Crippen LogP) is 3.88. The molecule has 22 heavy (non-hydrogen) atoms. The summed E-state index contributed by atoms with van der Waals surface area (Å²) >= 11 is 3.40.